The van der Waals surface area contributed by atoms with Crippen molar-refractivity contribution in [1.29, 1.82) is 0 Å². The molecule has 1 aliphatic carbocycles. The zero-order chi connectivity index (χ0) is 9.47. The van der Waals surface area contributed by atoms with Gasteiger partial charge in [-0.25, -0.2) is 4.39 Å². The van der Waals surface area contributed by atoms with Gasteiger partial charge in [-0.15, -0.1) is 0 Å². The molecule has 0 spiro atoms. The van der Waals surface area contributed by atoms with Crippen LogP contribution in [0.1, 0.15) is 19.3 Å². The molecule has 2 aliphatic rings. The predicted molar refractivity (Wildman–Crippen MR) is 46.8 cm³/mol. The van der Waals surface area contributed by atoms with E-state index in [9.17, 15) is 9.18 Å². The molecule has 1 saturated heterocycles. The van der Waals surface area contributed by atoms with Gasteiger partial charge in [0.2, 0.25) is 5.91 Å². The lowest BCUT2D eigenvalue weighted by atomic mass is 9.96. The van der Waals surface area contributed by atoms with E-state index in [1.165, 1.54) is 0 Å². The second kappa shape index (κ2) is 2.94. The van der Waals surface area contributed by atoms with Gasteiger partial charge >= 0.3 is 0 Å². The molecule has 74 valence electrons. The molecule has 0 aromatic heterocycles. The fourth-order valence-corrected chi connectivity index (χ4v) is 1.64. The van der Waals surface area contributed by atoms with Gasteiger partial charge in [0.15, 0.2) is 5.67 Å². The maximum atomic E-state index is 13.3. The summed E-state index contributed by atoms with van der Waals surface area (Å²) in [6.45, 7) is 0.435. The summed E-state index contributed by atoms with van der Waals surface area (Å²) < 4.78 is 13.3. The molecule has 1 saturated carbocycles. The molecule has 1 heterocycles. The van der Waals surface area contributed by atoms with Crippen molar-refractivity contribution in [3.63, 3.8) is 0 Å². The Labute approximate surface area is 77.1 Å². The Kier molecular flexibility index (Phi) is 2.02. The van der Waals surface area contributed by atoms with Crippen LogP contribution in [-0.4, -0.2) is 36.1 Å². The van der Waals surface area contributed by atoms with Crippen LogP contribution in [0.3, 0.4) is 0 Å². The highest BCUT2D eigenvalue weighted by Crippen LogP contribution is 2.34. The van der Waals surface area contributed by atoms with Crippen molar-refractivity contribution in [1.82, 2.24) is 4.90 Å². The van der Waals surface area contributed by atoms with Gasteiger partial charge in [0.1, 0.15) is 0 Å². The number of nitrogens with zero attached hydrogens (tertiary/aromatic N) is 1. The summed E-state index contributed by atoms with van der Waals surface area (Å²) in [5, 5.41) is 0. The van der Waals surface area contributed by atoms with Crippen LogP contribution in [-0.2, 0) is 4.79 Å². The number of carbonyl (C=O) groups excluding carboxylic acids is 1. The summed E-state index contributed by atoms with van der Waals surface area (Å²) in [6.07, 6.45) is 2.94. The largest absolute Gasteiger partial charge is 0.336 e. The quantitative estimate of drug-likeness (QED) is 0.689. The zero-order valence-electron chi connectivity index (χ0n) is 7.63. The maximum Gasteiger partial charge on any atom is 0.223 e. The Morgan fingerprint density at radius 2 is 2.15 bits per heavy atom. The van der Waals surface area contributed by atoms with E-state index in [1.54, 1.807) is 4.90 Å². The summed E-state index contributed by atoms with van der Waals surface area (Å²) in [6, 6.07) is 0. The minimum atomic E-state index is -1.29. The van der Waals surface area contributed by atoms with Crippen molar-refractivity contribution in [3.05, 3.63) is 0 Å². The molecule has 0 atom stereocenters. The number of amides is 1. The molecule has 0 aromatic carbocycles. The van der Waals surface area contributed by atoms with Crippen LogP contribution in [0.5, 0.6) is 0 Å². The number of likely N-dealkylation sites (tertiary alicyclic amines) is 1. The minimum Gasteiger partial charge on any atom is -0.336 e. The third kappa shape index (κ3) is 1.82. The van der Waals surface area contributed by atoms with Crippen molar-refractivity contribution in [2.45, 2.75) is 24.9 Å². The Bertz CT molecular complexity index is 222. The predicted octanol–water partition coefficient (Wildman–Crippen LogP) is 0.296. The summed E-state index contributed by atoms with van der Waals surface area (Å²) in [5.41, 5.74) is 3.94. The first kappa shape index (κ1) is 8.94. The second-order valence-corrected chi connectivity index (χ2v) is 4.25. The maximum absolute atomic E-state index is 13.3. The number of halogens is 1. The van der Waals surface area contributed by atoms with Gasteiger partial charge in [-0.05, 0) is 18.8 Å². The lowest BCUT2D eigenvalue weighted by Crippen LogP contribution is -2.64. The molecule has 0 unspecified atom stereocenters. The van der Waals surface area contributed by atoms with Crippen LogP contribution >= 0.6 is 0 Å². The molecule has 0 bridgehead atoms. The minimum absolute atomic E-state index is 0.0280. The van der Waals surface area contributed by atoms with E-state index < -0.39 is 5.67 Å². The van der Waals surface area contributed by atoms with E-state index >= 15 is 0 Å². The normalized spacial score (nSPS) is 25.5. The zero-order valence-corrected chi connectivity index (χ0v) is 7.63. The fourth-order valence-electron chi connectivity index (χ4n) is 1.64. The van der Waals surface area contributed by atoms with Crippen LogP contribution < -0.4 is 5.73 Å². The SMILES string of the molecule is NCC1(F)CN(C(=O)CC2CC2)C1. The fraction of sp³-hybridized carbons (Fsp3) is 0.889. The molecule has 3 nitrogen and oxygen atoms in total. The Morgan fingerprint density at radius 1 is 1.54 bits per heavy atom. The van der Waals surface area contributed by atoms with Gasteiger partial charge in [-0.1, -0.05) is 0 Å². The first-order valence-corrected chi connectivity index (χ1v) is 4.80. The average molecular weight is 186 g/mol. The van der Waals surface area contributed by atoms with Crippen molar-refractivity contribution in [3.8, 4) is 0 Å². The number of alkyl halides is 1. The standard InChI is InChI=1S/C9H15FN2O/c10-9(4-11)5-12(6-9)8(13)3-7-1-2-7/h7H,1-6,11H2. The first-order valence-electron chi connectivity index (χ1n) is 4.80. The van der Waals surface area contributed by atoms with Crippen LogP contribution in [0.2, 0.25) is 0 Å². The number of carbonyl (C=O) groups is 1. The topological polar surface area (TPSA) is 46.3 Å². The smallest absolute Gasteiger partial charge is 0.223 e. The first-order chi connectivity index (χ1) is 6.13. The Hall–Kier alpha value is -0.640. The van der Waals surface area contributed by atoms with Gasteiger partial charge in [0.25, 0.3) is 0 Å². The van der Waals surface area contributed by atoms with Crippen molar-refractivity contribution in [2.24, 2.45) is 11.7 Å². The molecule has 13 heavy (non-hydrogen) atoms. The Morgan fingerprint density at radius 3 is 2.62 bits per heavy atom. The third-order valence-corrected chi connectivity index (χ3v) is 2.83. The summed E-state index contributed by atoms with van der Waals surface area (Å²) in [5.74, 6) is 0.684. The number of hydrogen-bond acceptors (Lipinski definition) is 2. The van der Waals surface area contributed by atoms with Crippen LogP contribution in [0.15, 0.2) is 0 Å². The van der Waals surface area contributed by atoms with Crippen molar-refractivity contribution in [2.75, 3.05) is 19.6 Å². The average Bonchev–Trinajstić information content (AvgIpc) is 2.82. The highest BCUT2D eigenvalue weighted by molar-refractivity contribution is 5.78. The summed E-state index contributed by atoms with van der Waals surface area (Å²) >= 11 is 0. The van der Waals surface area contributed by atoms with E-state index in [4.69, 9.17) is 5.73 Å². The van der Waals surface area contributed by atoms with E-state index in [0.29, 0.717) is 12.3 Å². The van der Waals surface area contributed by atoms with Gasteiger partial charge < -0.3 is 10.6 Å². The van der Waals surface area contributed by atoms with E-state index in [1.807, 2.05) is 0 Å². The highest BCUT2D eigenvalue weighted by Gasteiger charge is 2.45. The molecular formula is C9H15FN2O. The van der Waals surface area contributed by atoms with Gasteiger partial charge in [0, 0.05) is 13.0 Å². The number of nitrogens with two attached hydrogens (primary N) is 1. The van der Waals surface area contributed by atoms with Crippen LogP contribution in [0.4, 0.5) is 4.39 Å². The molecule has 2 rings (SSSR count). The van der Waals surface area contributed by atoms with E-state index in [-0.39, 0.29) is 25.5 Å². The molecule has 0 aromatic rings. The van der Waals surface area contributed by atoms with Crippen LogP contribution in [0, 0.1) is 5.92 Å². The molecule has 2 N–H and O–H groups in total. The number of rotatable bonds is 3. The second-order valence-electron chi connectivity index (χ2n) is 4.25. The van der Waals surface area contributed by atoms with E-state index in [0.717, 1.165) is 12.8 Å². The molecule has 2 fully saturated rings. The summed E-state index contributed by atoms with van der Waals surface area (Å²) in [4.78, 5) is 13.0. The lowest BCUT2D eigenvalue weighted by Gasteiger charge is -2.43. The van der Waals surface area contributed by atoms with Crippen LogP contribution in [0.25, 0.3) is 0 Å². The lowest BCUT2D eigenvalue weighted by molar-refractivity contribution is -0.145. The van der Waals surface area contributed by atoms with Crippen molar-refractivity contribution < 1.29 is 9.18 Å². The Balaban J connectivity index is 1.75. The monoisotopic (exact) mass is 186 g/mol. The van der Waals surface area contributed by atoms with E-state index in [2.05, 4.69) is 0 Å². The third-order valence-electron chi connectivity index (χ3n) is 2.83. The van der Waals surface area contributed by atoms with Gasteiger partial charge in [-0.2, -0.15) is 0 Å². The highest BCUT2D eigenvalue weighted by atomic mass is 19.1. The molecule has 1 aliphatic heterocycles. The number of hydrogen-bond donors (Lipinski definition) is 1. The molecule has 1 amide bonds. The van der Waals surface area contributed by atoms with Gasteiger partial charge in [0.05, 0.1) is 13.1 Å². The molecule has 0 radical (unpaired) electrons. The molecule has 4 heteroatoms. The van der Waals surface area contributed by atoms with Crippen molar-refractivity contribution >= 4 is 5.91 Å². The van der Waals surface area contributed by atoms with Gasteiger partial charge in [-0.3, -0.25) is 4.79 Å². The summed E-state index contributed by atoms with van der Waals surface area (Å²) in [7, 11) is 0. The molecular weight excluding hydrogens is 171 g/mol.